The minimum absolute atomic E-state index is 0.170. The van der Waals surface area contributed by atoms with Crippen molar-refractivity contribution in [1.29, 1.82) is 0 Å². The highest BCUT2D eigenvalue weighted by atomic mass is 32.2. The molecule has 0 radical (unpaired) electrons. The Morgan fingerprint density at radius 3 is 2.00 bits per heavy atom. The molecule has 3 rings (SSSR count). The van der Waals surface area contributed by atoms with Crippen LogP contribution in [0.25, 0.3) is 11.1 Å². The number of hydrogen-bond donors (Lipinski definition) is 1. The molecule has 1 aromatic heterocycles. The van der Waals surface area contributed by atoms with Crippen LogP contribution in [-0.4, -0.2) is 26.4 Å². The van der Waals surface area contributed by atoms with Gasteiger partial charge in [0.1, 0.15) is 5.82 Å². The molecule has 0 fully saturated rings. The second-order valence-corrected chi connectivity index (χ2v) is 7.60. The number of hydrogen-bond acceptors (Lipinski definition) is 4. The first kappa shape index (κ1) is 17.6. The summed E-state index contributed by atoms with van der Waals surface area (Å²) in [6.07, 6.45) is 1.54. The Labute approximate surface area is 152 Å². The fourth-order valence-corrected chi connectivity index (χ4v) is 3.62. The molecule has 3 aromatic rings. The van der Waals surface area contributed by atoms with Gasteiger partial charge in [0, 0.05) is 18.8 Å². The van der Waals surface area contributed by atoms with Crippen molar-refractivity contribution < 1.29 is 13.2 Å². The lowest BCUT2D eigenvalue weighted by molar-refractivity contribution is 0.100. The summed E-state index contributed by atoms with van der Waals surface area (Å²) in [5, 5.41) is 0. The first-order valence-corrected chi connectivity index (χ1v) is 9.24. The maximum atomic E-state index is 12.7. The molecule has 7 heteroatoms. The number of primary amides is 1. The maximum absolute atomic E-state index is 12.7. The Balaban J connectivity index is 1.88. The van der Waals surface area contributed by atoms with Crippen molar-refractivity contribution in [3.05, 3.63) is 78.5 Å². The van der Waals surface area contributed by atoms with Gasteiger partial charge in [0.05, 0.1) is 4.90 Å². The monoisotopic (exact) mass is 367 g/mol. The molecule has 0 saturated heterocycles. The van der Waals surface area contributed by atoms with Gasteiger partial charge in [0.15, 0.2) is 0 Å². The molecule has 26 heavy (non-hydrogen) atoms. The average Bonchev–Trinajstić information content (AvgIpc) is 2.68. The van der Waals surface area contributed by atoms with Crippen LogP contribution in [0.1, 0.15) is 10.4 Å². The second-order valence-electron chi connectivity index (χ2n) is 5.63. The van der Waals surface area contributed by atoms with Crippen LogP contribution in [-0.2, 0) is 10.0 Å². The summed E-state index contributed by atoms with van der Waals surface area (Å²) < 4.78 is 26.6. The van der Waals surface area contributed by atoms with E-state index in [0.29, 0.717) is 11.4 Å². The van der Waals surface area contributed by atoms with E-state index in [1.807, 2.05) is 0 Å². The van der Waals surface area contributed by atoms with E-state index in [1.54, 1.807) is 72.9 Å². The summed E-state index contributed by atoms with van der Waals surface area (Å²) in [7, 11) is -2.23. The van der Waals surface area contributed by atoms with Gasteiger partial charge in [-0.05, 0) is 47.5 Å². The third kappa shape index (κ3) is 3.43. The van der Waals surface area contributed by atoms with Gasteiger partial charge < -0.3 is 5.73 Å². The average molecular weight is 367 g/mol. The number of sulfonamides is 1. The van der Waals surface area contributed by atoms with Crippen molar-refractivity contribution in [2.45, 2.75) is 4.90 Å². The minimum Gasteiger partial charge on any atom is -0.366 e. The number of anilines is 1. The Hall–Kier alpha value is -3.19. The van der Waals surface area contributed by atoms with E-state index < -0.39 is 15.9 Å². The van der Waals surface area contributed by atoms with Crippen LogP contribution < -0.4 is 10.0 Å². The SMILES string of the molecule is CN(c1ccccn1)S(=O)(=O)c1ccc(-c2ccc(C(N)=O)cc2)cc1. The van der Waals surface area contributed by atoms with Crippen molar-refractivity contribution in [2.24, 2.45) is 5.73 Å². The van der Waals surface area contributed by atoms with Crippen LogP contribution in [0.3, 0.4) is 0 Å². The van der Waals surface area contributed by atoms with Gasteiger partial charge in [-0.3, -0.25) is 9.10 Å². The summed E-state index contributed by atoms with van der Waals surface area (Å²) >= 11 is 0. The predicted octanol–water partition coefficient (Wildman–Crippen LogP) is 2.67. The van der Waals surface area contributed by atoms with E-state index in [9.17, 15) is 13.2 Å². The summed E-state index contributed by atoms with van der Waals surface area (Å²) in [5.74, 6) is -0.144. The highest BCUT2D eigenvalue weighted by Gasteiger charge is 2.21. The molecule has 0 aliphatic carbocycles. The Morgan fingerprint density at radius 1 is 0.923 bits per heavy atom. The van der Waals surface area contributed by atoms with E-state index in [1.165, 1.54) is 7.05 Å². The number of nitrogens with two attached hydrogens (primary N) is 1. The molecule has 1 heterocycles. The normalized spacial score (nSPS) is 11.1. The van der Waals surface area contributed by atoms with E-state index in [0.717, 1.165) is 15.4 Å². The van der Waals surface area contributed by atoms with Crippen LogP contribution in [0.4, 0.5) is 5.82 Å². The maximum Gasteiger partial charge on any atom is 0.265 e. The third-order valence-electron chi connectivity index (χ3n) is 3.99. The van der Waals surface area contributed by atoms with Crippen molar-refractivity contribution in [2.75, 3.05) is 11.4 Å². The largest absolute Gasteiger partial charge is 0.366 e. The van der Waals surface area contributed by atoms with Gasteiger partial charge in [0.25, 0.3) is 10.0 Å². The van der Waals surface area contributed by atoms with Crippen LogP contribution >= 0.6 is 0 Å². The first-order valence-electron chi connectivity index (χ1n) is 7.80. The molecule has 0 spiro atoms. The molecule has 1 amide bonds. The zero-order chi connectivity index (χ0) is 18.7. The molecule has 132 valence electrons. The molecular weight excluding hydrogens is 350 g/mol. The summed E-state index contributed by atoms with van der Waals surface area (Å²) in [5.41, 5.74) is 7.34. The van der Waals surface area contributed by atoms with Gasteiger partial charge in [0.2, 0.25) is 5.91 Å². The molecule has 2 aromatic carbocycles. The first-order chi connectivity index (χ1) is 12.4. The van der Waals surface area contributed by atoms with Crippen LogP contribution in [0, 0.1) is 0 Å². The lowest BCUT2D eigenvalue weighted by Crippen LogP contribution is -2.27. The van der Waals surface area contributed by atoms with Crippen LogP contribution in [0.5, 0.6) is 0 Å². The van der Waals surface area contributed by atoms with Crippen LogP contribution in [0.15, 0.2) is 77.8 Å². The summed E-state index contributed by atoms with van der Waals surface area (Å²) in [4.78, 5) is 15.4. The molecular formula is C19H17N3O3S. The highest BCUT2D eigenvalue weighted by Crippen LogP contribution is 2.24. The van der Waals surface area contributed by atoms with E-state index >= 15 is 0 Å². The number of amides is 1. The predicted molar refractivity (Wildman–Crippen MR) is 100 cm³/mol. The fourth-order valence-electron chi connectivity index (χ4n) is 2.47. The highest BCUT2D eigenvalue weighted by molar-refractivity contribution is 7.92. The van der Waals surface area contributed by atoms with E-state index in [2.05, 4.69) is 4.98 Å². The number of carbonyl (C=O) groups is 1. The van der Waals surface area contributed by atoms with Gasteiger partial charge in [-0.1, -0.05) is 30.3 Å². The number of aromatic nitrogens is 1. The van der Waals surface area contributed by atoms with Gasteiger partial charge in [-0.2, -0.15) is 0 Å². The van der Waals surface area contributed by atoms with Gasteiger partial charge in [-0.15, -0.1) is 0 Å². The standard InChI is InChI=1S/C19H17N3O3S/c1-22(18-4-2-3-13-21-18)26(24,25)17-11-9-15(10-12-17)14-5-7-16(8-6-14)19(20)23/h2-13H,1H3,(H2,20,23). The molecule has 2 N–H and O–H groups in total. The zero-order valence-electron chi connectivity index (χ0n) is 14.0. The molecule has 0 unspecified atom stereocenters. The second kappa shape index (κ2) is 6.97. The summed E-state index contributed by atoms with van der Waals surface area (Å²) in [6.45, 7) is 0. The van der Waals surface area contributed by atoms with E-state index in [-0.39, 0.29) is 4.90 Å². The molecule has 6 nitrogen and oxygen atoms in total. The number of carbonyl (C=O) groups excluding carboxylic acids is 1. The van der Waals surface area contributed by atoms with E-state index in [4.69, 9.17) is 5.73 Å². The topological polar surface area (TPSA) is 93.4 Å². The number of pyridine rings is 1. The number of rotatable bonds is 5. The Bertz CT molecular complexity index is 1020. The van der Waals surface area contributed by atoms with Crippen LogP contribution in [0.2, 0.25) is 0 Å². The quantitative estimate of drug-likeness (QED) is 0.750. The Morgan fingerprint density at radius 2 is 1.50 bits per heavy atom. The smallest absolute Gasteiger partial charge is 0.265 e. The zero-order valence-corrected chi connectivity index (χ0v) is 14.8. The van der Waals surface area contributed by atoms with Gasteiger partial charge >= 0.3 is 0 Å². The van der Waals surface area contributed by atoms with Crippen molar-refractivity contribution in [1.82, 2.24) is 4.98 Å². The number of nitrogens with zero attached hydrogens (tertiary/aromatic N) is 2. The molecule has 0 aliphatic heterocycles. The molecule has 0 bridgehead atoms. The fraction of sp³-hybridized carbons (Fsp3) is 0.0526. The third-order valence-corrected chi connectivity index (χ3v) is 5.76. The van der Waals surface area contributed by atoms with Crippen molar-refractivity contribution >= 4 is 21.7 Å². The molecule has 0 saturated carbocycles. The van der Waals surface area contributed by atoms with Crippen molar-refractivity contribution in [3.63, 3.8) is 0 Å². The molecule has 0 aliphatic rings. The lowest BCUT2D eigenvalue weighted by atomic mass is 10.0. The number of benzene rings is 2. The molecule has 0 atom stereocenters. The van der Waals surface area contributed by atoms with Crippen molar-refractivity contribution in [3.8, 4) is 11.1 Å². The minimum atomic E-state index is -3.70. The summed E-state index contributed by atoms with van der Waals surface area (Å²) in [6, 6.07) is 18.4. The Kier molecular flexibility index (Phi) is 4.73. The lowest BCUT2D eigenvalue weighted by Gasteiger charge is -2.18. The van der Waals surface area contributed by atoms with Gasteiger partial charge in [-0.25, -0.2) is 13.4 Å².